The lowest BCUT2D eigenvalue weighted by molar-refractivity contribution is 0.621. The number of halogens is 2. The van der Waals surface area contributed by atoms with Gasteiger partial charge in [-0.05, 0) is 65.7 Å². The topological polar surface area (TPSA) is 15.3 Å². The van der Waals surface area contributed by atoms with Crippen LogP contribution < -0.4 is 10.2 Å². The average molecular weight is 351 g/mol. The minimum atomic E-state index is -0.253. The molecule has 0 aromatic heterocycles. The number of hydrogen-bond acceptors (Lipinski definition) is 2. The van der Waals surface area contributed by atoms with Gasteiger partial charge in [-0.25, -0.2) is 4.39 Å². The van der Waals surface area contributed by atoms with Gasteiger partial charge in [-0.1, -0.05) is 12.1 Å². The Morgan fingerprint density at radius 3 is 2.29 bits per heavy atom. The molecule has 0 unspecified atom stereocenters. The molecule has 0 aliphatic carbocycles. The van der Waals surface area contributed by atoms with Crippen molar-refractivity contribution in [3.8, 4) is 0 Å². The molecular formula is C17H20BrFN2. The van der Waals surface area contributed by atoms with E-state index < -0.39 is 0 Å². The summed E-state index contributed by atoms with van der Waals surface area (Å²) >= 11 is 3.15. The van der Waals surface area contributed by atoms with Crippen LogP contribution in [-0.4, -0.2) is 13.1 Å². The highest BCUT2D eigenvalue weighted by molar-refractivity contribution is 9.10. The monoisotopic (exact) mass is 350 g/mol. The minimum Gasteiger partial charge on any atom is -0.381 e. The molecule has 2 nitrogen and oxygen atoms in total. The molecule has 0 aliphatic heterocycles. The van der Waals surface area contributed by atoms with Gasteiger partial charge in [0.25, 0.3) is 0 Å². The van der Waals surface area contributed by atoms with Gasteiger partial charge in [-0.15, -0.1) is 0 Å². The molecule has 4 heteroatoms. The maximum Gasteiger partial charge on any atom is 0.139 e. The maximum atomic E-state index is 13.4. The molecule has 2 aromatic carbocycles. The van der Waals surface area contributed by atoms with Crippen molar-refractivity contribution >= 4 is 27.3 Å². The lowest BCUT2D eigenvalue weighted by Crippen LogP contribution is -2.21. The Hall–Kier alpha value is -1.55. The number of rotatable bonds is 6. The molecule has 112 valence electrons. The fourth-order valence-electron chi connectivity index (χ4n) is 2.22. The van der Waals surface area contributed by atoms with E-state index in [0.717, 1.165) is 18.8 Å². The van der Waals surface area contributed by atoms with E-state index >= 15 is 0 Å². The van der Waals surface area contributed by atoms with Crippen LogP contribution >= 0.6 is 15.9 Å². The molecule has 2 rings (SSSR count). The van der Waals surface area contributed by atoms with Crippen molar-refractivity contribution in [2.24, 2.45) is 0 Å². The second-order valence-corrected chi connectivity index (χ2v) is 5.68. The number of benzene rings is 2. The fraction of sp³-hybridized carbons (Fsp3) is 0.294. The third-order valence-electron chi connectivity index (χ3n) is 3.48. The summed E-state index contributed by atoms with van der Waals surface area (Å²) in [6.45, 7) is 7.00. The van der Waals surface area contributed by atoms with Gasteiger partial charge in [-0.2, -0.15) is 0 Å². The molecule has 0 radical (unpaired) electrons. The smallest absolute Gasteiger partial charge is 0.139 e. The average Bonchev–Trinajstić information content (AvgIpc) is 2.51. The lowest BCUT2D eigenvalue weighted by Gasteiger charge is -2.21. The first-order chi connectivity index (χ1) is 10.1. The van der Waals surface area contributed by atoms with E-state index in [4.69, 9.17) is 0 Å². The molecular weight excluding hydrogens is 331 g/mol. The van der Waals surface area contributed by atoms with Crippen LogP contribution in [0.5, 0.6) is 0 Å². The summed E-state index contributed by atoms with van der Waals surface area (Å²) in [5.41, 5.74) is 3.19. The quantitative estimate of drug-likeness (QED) is 0.784. The van der Waals surface area contributed by atoms with Crippen LogP contribution in [0.25, 0.3) is 0 Å². The SMILES string of the molecule is CCN(CC)c1ccc(CNc2ccc(Br)c(F)c2)cc1. The second-order valence-electron chi connectivity index (χ2n) is 4.82. The van der Waals surface area contributed by atoms with E-state index in [1.54, 1.807) is 6.07 Å². The summed E-state index contributed by atoms with van der Waals surface area (Å²) in [6, 6.07) is 13.5. The van der Waals surface area contributed by atoms with E-state index in [-0.39, 0.29) is 5.82 Å². The highest BCUT2D eigenvalue weighted by Crippen LogP contribution is 2.20. The normalized spacial score (nSPS) is 10.5. The zero-order chi connectivity index (χ0) is 15.2. The minimum absolute atomic E-state index is 0.253. The molecule has 0 atom stereocenters. The van der Waals surface area contributed by atoms with Crippen LogP contribution in [0, 0.1) is 5.82 Å². The van der Waals surface area contributed by atoms with E-state index in [1.807, 2.05) is 6.07 Å². The summed E-state index contributed by atoms with van der Waals surface area (Å²) in [4.78, 5) is 2.31. The van der Waals surface area contributed by atoms with Crippen molar-refractivity contribution in [1.82, 2.24) is 0 Å². The van der Waals surface area contributed by atoms with Gasteiger partial charge in [0.1, 0.15) is 5.82 Å². The van der Waals surface area contributed by atoms with E-state index in [9.17, 15) is 4.39 Å². The Balaban J connectivity index is 1.98. The molecule has 2 aromatic rings. The highest BCUT2D eigenvalue weighted by atomic mass is 79.9. The second kappa shape index (κ2) is 7.46. The third-order valence-corrected chi connectivity index (χ3v) is 4.12. The summed E-state index contributed by atoms with van der Waals surface area (Å²) in [5, 5.41) is 3.23. The first-order valence-corrected chi connectivity index (χ1v) is 7.96. The summed E-state index contributed by atoms with van der Waals surface area (Å²) in [5.74, 6) is -0.253. The maximum absolute atomic E-state index is 13.4. The van der Waals surface area contributed by atoms with Crippen molar-refractivity contribution in [3.05, 3.63) is 58.3 Å². The van der Waals surface area contributed by atoms with Crippen molar-refractivity contribution in [1.29, 1.82) is 0 Å². The molecule has 0 fully saturated rings. The zero-order valence-corrected chi connectivity index (χ0v) is 14.0. The summed E-state index contributed by atoms with van der Waals surface area (Å²) < 4.78 is 13.9. The Morgan fingerprint density at radius 2 is 1.71 bits per heavy atom. The predicted octanol–water partition coefficient (Wildman–Crippen LogP) is 5.05. The molecule has 0 saturated heterocycles. The van der Waals surface area contributed by atoms with Crippen LogP contribution in [0.15, 0.2) is 46.9 Å². The molecule has 0 aliphatic rings. The van der Waals surface area contributed by atoms with Crippen molar-refractivity contribution in [2.45, 2.75) is 20.4 Å². The zero-order valence-electron chi connectivity index (χ0n) is 12.4. The van der Waals surface area contributed by atoms with Gasteiger partial charge in [0.2, 0.25) is 0 Å². The van der Waals surface area contributed by atoms with Crippen LogP contribution in [-0.2, 0) is 6.54 Å². The largest absolute Gasteiger partial charge is 0.381 e. The van der Waals surface area contributed by atoms with Gasteiger partial charge in [0.05, 0.1) is 4.47 Å². The van der Waals surface area contributed by atoms with Gasteiger partial charge < -0.3 is 10.2 Å². The molecule has 0 spiro atoms. The number of hydrogen-bond donors (Lipinski definition) is 1. The Morgan fingerprint density at radius 1 is 1.05 bits per heavy atom. The molecule has 0 bridgehead atoms. The number of nitrogens with zero attached hydrogens (tertiary/aromatic N) is 1. The highest BCUT2D eigenvalue weighted by Gasteiger charge is 2.03. The molecule has 0 saturated carbocycles. The van der Waals surface area contributed by atoms with Crippen molar-refractivity contribution in [2.75, 3.05) is 23.3 Å². The van der Waals surface area contributed by atoms with Gasteiger partial charge >= 0.3 is 0 Å². The fourth-order valence-corrected chi connectivity index (χ4v) is 2.47. The standard InChI is InChI=1S/C17H20BrFN2/c1-3-21(4-2)15-8-5-13(6-9-15)12-20-14-7-10-16(18)17(19)11-14/h5-11,20H,3-4,12H2,1-2H3. The van der Waals surface area contributed by atoms with Crippen LogP contribution in [0.3, 0.4) is 0 Å². The van der Waals surface area contributed by atoms with Crippen molar-refractivity contribution < 1.29 is 4.39 Å². The van der Waals surface area contributed by atoms with E-state index in [1.165, 1.54) is 17.3 Å². The first-order valence-electron chi connectivity index (χ1n) is 7.16. The van der Waals surface area contributed by atoms with Crippen LogP contribution in [0.2, 0.25) is 0 Å². The molecule has 0 heterocycles. The Labute approximate surface area is 134 Å². The first kappa shape index (κ1) is 15.8. The number of nitrogens with one attached hydrogen (secondary N) is 1. The predicted molar refractivity (Wildman–Crippen MR) is 91.4 cm³/mol. The van der Waals surface area contributed by atoms with Crippen molar-refractivity contribution in [3.63, 3.8) is 0 Å². The Bertz CT molecular complexity index is 580. The van der Waals surface area contributed by atoms with Gasteiger partial charge in [-0.3, -0.25) is 0 Å². The summed E-state index contributed by atoms with van der Waals surface area (Å²) in [7, 11) is 0. The molecule has 0 amide bonds. The summed E-state index contributed by atoms with van der Waals surface area (Å²) in [6.07, 6.45) is 0. The number of anilines is 2. The molecule has 1 N–H and O–H groups in total. The van der Waals surface area contributed by atoms with Crippen LogP contribution in [0.1, 0.15) is 19.4 Å². The van der Waals surface area contributed by atoms with E-state index in [0.29, 0.717) is 11.0 Å². The third kappa shape index (κ3) is 4.21. The Kier molecular flexibility index (Phi) is 5.62. The van der Waals surface area contributed by atoms with Crippen LogP contribution in [0.4, 0.5) is 15.8 Å². The van der Waals surface area contributed by atoms with Gasteiger partial charge in [0, 0.05) is 31.0 Å². The lowest BCUT2D eigenvalue weighted by atomic mass is 10.2. The van der Waals surface area contributed by atoms with E-state index in [2.05, 4.69) is 64.3 Å². The molecule has 21 heavy (non-hydrogen) atoms. The van der Waals surface area contributed by atoms with Gasteiger partial charge in [0.15, 0.2) is 0 Å².